The van der Waals surface area contributed by atoms with Gasteiger partial charge < -0.3 is 24.4 Å². The quantitative estimate of drug-likeness (QED) is 0.535. The Morgan fingerprint density at radius 1 is 1.44 bits per heavy atom. The molecule has 6 nitrogen and oxygen atoms in total. The van der Waals surface area contributed by atoms with E-state index in [1.54, 1.807) is 4.90 Å². The van der Waals surface area contributed by atoms with E-state index in [2.05, 4.69) is 40.5 Å². The number of halogens is 1. The van der Waals surface area contributed by atoms with Crippen molar-refractivity contribution in [3.63, 3.8) is 0 Å². The fourth-order valence-electron chi connectivity index (χ4n) is 3.00. The molecule has 0 aromatic carbocycles. The molecule has 0 saturated heterocycles. The van der Waals surface area contributed by atoms with Gasteiger partial charge in [-0.15, -0.1) is 11.3 Å². The van der Waals surface area contributed by atoms with E-state index in [4.69, 9.17) is 9.47 Å². The first kappa shape index (κ1) is 19.2. The van der Waals surface area contributed by atoms with Crippen LogP contribution in [-0.2, 0) is 4.74 Å². The van der Waals surface area contributed by atoms with Crippen LogP contribution in [-0.4, -0.2) is 69.7 Å². The van der Waals surface area contributed by atoms with Crippen LogP contribution in [0.15, 0.2) is 3.79 Å². The molecule has 140 valence electrons. The van der Waals surface area contributed by atoms with Crippen molar-refractivity contribution in [1.29, 1.82) is 0 Å². The zero-order valence-corrected chi connectivity index (χ0v) is 18.3. The van der Waals surface area contributed by atoms with Crippen molar-refractivity contribution < 1.29 is 19.4 Å². The molecule has 1 aromatic heterocycles. The summed E-state index contributed by atoms with van der Waals surface area (Å²) in [6.07, 6.45) is 0. The highest BCUT2D eigenvalue weighted by molar-refractivity contribution is 9.11. The molecule has 0 bridgehead atoms. The number of thiophene rings is 1. The average molecular weight is 449 g/mol. The van der Waals surface area contributed by atoms with Gasteiger partial charge in [0, 0.05) is 21.2 Å². The second-order valence-corrected chi connectivity index (χ2v) is 15.6. The number of carbonyl (C=O) groups is 1. The Morgan fingerprint density at radius 3 is 2.88 bits per heavy atom. The Kier molecular flexibility index (Phi) is 5.79. The number of nitrogens with zero attached hydrogens (tertiary/aromatic N) is 2. The Bertz CT molecular complexity index is 649. The summed E-state index contributed by atoms with van der Waals surface area (Å²) in [7, 11) is -1.17. The molecule has 1 N–H and O–H groups in total. The summed E-state index contributed by atoms with van der Waals surface area (Å²) in [5.41, 5.74) is 0.858. The fourth-order valence-corrected chi connectivity index (χ4v) is 5.50. The van der Waals surface area contributed by atoms with Crippen LogP contribution in [0.1, 0.15) is 9.67 Å². The molecular formula is C16H25BrN2O4SSi. The molecule has 9 heteroatoms. The van der Waals surface area contributed by atoms with Gasteiger partial charge >= 0.3 is 0 Å². The number of ether oxygens (including phenoxy) is 2. The molecule has 1 atom stereocenters. The van der Waals surface area contributed by atoms with Gasteiger partial charge in [0.25, 0.3) is 5.91 Å². The molecule has 0 fully saturated rings. The summed E-state index contributed by atoms with van der Waals surface area (Å²) in [5.74, 6) is 0.657. The first-order valence-electron chi connectivity index (χ1n) is 8.51. The molecule has 3 rings (SSSR count). The van der Waals surface area contributed by atoms with E-state index in [-0.39, 0.29) is 25.3 Å². The minimum absolute atomic E-state index is 0.0775. The Labute approximate surface area is 161 Å². The summed E-state index contributed by atoms with van der Waals surface area (Å²) in [6.45, 7) is 9.58. The average Bonchev–Trinajstić information content (AvgIpc) is 2.84. The van der Waals surface area contributed by atoms with Gasteiger partial charge in [-0.2, -0.15) is 0 Å². The molecular weight excluding hydrogens is 424 g/mol. The van der Waals surface area contributed by atoms with E-state index in [0.29, 0.717) is 24.6 Å². The number of amides is 1. The van der Waals surface area contributed by atoms with E-state index < -0.39 is 8.07 Å². The summed E-state index contributed by atoms with van der Waals surface area (Å²) in [6, 6.07) is 0.780. The molecule has 0 saturated carbocycles. The molecule has 0 spiro atoms. The zero-order valence-electron chi connectivity index (χ0n) is 14.9. The van der Waals surface area contributed by atoms with E-state index in [0.717, 1.165) is 27.8 Å². The SMILES string of the molecule is C[Si](C)(C)CCOCN1C(=O)c2sc(Br)c3c2N(CCO3)C[C@H]1CO. The van der Waals surface area contributed by atoms with E-state index in [1.807, 2.05) is 0 Å². The lowest BCUT2D eigenvalue weighted by atomic mass is 10.2. The predicted octanol–water partition coefficient (Wildman–Crippen LogP) is 2.84. The maximum atomic E-state index is 13.1. The number of rotatable bonds is 6. The third-order valence-corrected chi connectivity index (χ3v) is 7.98. The summed E-state index contributed by atoms with van der Waals surface area (Å²) in [5, 5.41) is 9.86. The van der Waals surface area contributed by atoms with Gasteiger partial charge in [-0.3, -0.25) is 4.79 Å². The summed E-state index contributed by atoms with van der Waals surface area (Å²) in [4.78, 5) is 17.6. The first-order valence-corrected chi connectivity index (χ1v) is 13.8. The minimum atomic E-state index is -1.17. The van der Waals surface area contributed by atoms with Crippen LogP contribution in [0.4, 0.5) is 5.69 Å². The molecule has 0 aliphatic carbocycles. The third-order valence-electron chi connectivity index (χ3n) is 4.49. The Morgan fingerprint density at radius 2 is 2.20 bits per heavy atom. The lowest BCUT2D eigenvalue weighted by Crippen LogP contribution is -2.48. The summed E-state index contributed by atoms with van der Waals surface area (Å²) < 4.78 is 12.4. The molecule has 1 aromatic rings. The van der Waals surface area contributed by atoms with Crippen molar-refractivity contribution in [2.45, 2.75) is 31.7 Å². The van der Waals surface area contributed by atoms with Gasteiger partial charge in [-0.1, -0.05) is 19.6 Å². The smallest absolute Gasteiger partial charge is 0.268 e. The number of hydrogen-bond donors (Lipinski definition) is 1. The first-order chi connectivity index (χ1) is 11.8. The molecule has 0 radical (unpaired) electrons. The van der Waals surface area contributed by atoms with Crippen LogP contribution in [0.2, 0.25) is 25.7 Å². The maximum absolute atomic E-state index is 13.1. The van der Waals surface area contributed by atoms with Crippen LogP contribution in [0, 0.1) is 0 Å². The molecule has 3 heterocycles. The monoisotopic (exact) mass is 448 g/mol. The van der Waals surface area contributed by atoms with Crippen molar-refractivity contribution in [3.05, 3.63) is 8.66 Å². The van der Waals surface area contributed by atoms with Gasteiger partial charge in [0.15, 0.2) is 5.75 Å². The minimum Gasteiger partial charge on any atom is -0.487 e. The van der Waals surface area contributed by atoms with Crippen LogP contribution in [0.3, 0.4) is 0 Å². The Balaban J connectivity index is 1.79. The van der Waals surface area contributed by atoms with E-state index in [1.165, 1.54) is 11.3 Å². The normalized spacial score (nSPS) is 20.4. The maximum Gasteiger partial charge on any atom is 0.268 e. The van der Waals surface area contributed by atoms with Crippen LogP contribution < -0.4 is 9.64 Å². The van der Waals surface area contributed by atoms with Gasteiger partial charge in [-0.25, -0.2) is 0 Å². The molecule has 25 heavy (non-hydrogen) atoms. The largest absolute Gasteiger partial charge is 0.487 e. The second-order valence-electron chi connectivity index (χ2n) is 7.64. The standard InChI is InChI=1S/C16H25BrN2O4SSi/c1-25(2,3)7-6-22-10-19-11(9-20)8-18-4-5-23-13-12(18)14(16(19)21)24-15(13)17/h11,20H,4-10H2,1-3H3/t11-/m0/s1. The molecule has 2 aliphatic rings. The highest BCUT2D eigenvalue weighted by Crippen LogP contribution is 2.49. The van der Waals surface area contributed by atoms with E-state index >= 15 is 0 Å². The van der Waals surface area contributed by atoms with Gasteiger partial charge in [0.05, 0.1) is 19.2 Å². The third kappa shape index (κ3) is 4.05. The van der Waals surface area contributed by atoms with E-state index in [9.17, 15) is 9.90 Å². The van der Waals surface area contributed by atoms with Crippen LogP contribution in [0.5, 0.6) is 5.75 Å². The molecule has 0 unspecified atom stereocenters. The van der Waals surface area contributed by atoms with Gasteiger partial charge in [-0.05, 0) is 22.0 Å². The highest BCUT2D eigenvalue weighted by atomic mass is 79.9. The highest BCUT2D eigenvalue weighted by Gasteiger charge is 2.39. The second kappa shape index (κ2) is 7.56. The van der Waals surface area contributed by atoms with Crippen LogP contribution >= 0.6 is 27.3 Å². The molecule has 2 aliphatic heterocycles. The number of anilines is 1. The van der Waals surface area contributed by atoms with Crippen molar-refractivity contribution in [2.24, 2.45) is 0 Å². The van der Waals surface area contributed by atoms with Gasteiger partial charge in [0.2, 0.25) is 0 Å². The lowest BCUT2D eigenvalue weighted by molar-refractivity contribution is 0.00373. The van der Waals surface area contributed by atoms with Crippen molar-refractivity contribution in [2.75, 3.05) is 44.5 Å². The predicted molar refractivity (Wildman–Crippen MR) is 106 cm³/mol. The number of aliphatic hydroxyl groups excluding tert-OH is 1. The Hall–Kier alpha value is -0.613. The van der Waals surface area contributed by atoms with Crippen molar-refractivity contribution in [3.8, 4) is 5.75 Å². The lowest BCUT2D eigenvalue weighted by Gasteiger charge is -2.33. The topological polar surface area (TPSA) is 62.2 Å². The zero-order chi connectivity index (χ0) is 18.2. The molecule has 1 amide bonds. The summed E-state index contributed by atoms with van der Waals surface area (Å²) >= 11 is 4.90. The van der Waals surface area contributed by atoms with Crippen molar-refractivity contribution in [1.82, 2.24) is 4.90 Å². The van der Waals surface area contributed by atoms with Gasteiger partial charge in [0.1, 0.15) is 27.7 Å². The van der Waals surface area contributed by atoms with Crippen molar-refractivity contribution >= 4 is 46.9 Å². The number of carbonyl (C=O) groups excluding carboxylic acids is 1. The number of hydrogen-bond acceptors (Lipinski definition) is 6. The van der Waals surface area contributed by atoms with Crippen LogP contribution in [0.25, 0.3) is 0 Å². The number of aliphatic hydroxyl groups is 1. The fraction of sp³-hybridized carbons (Fsp3) is 0.688.